The van der Waals surface area contributed by atoms with E-state index in [9.17, 15) is 8.78 Å². The lowest BCUT2D eigenvalue weighted by Gasteiger charge is -2.16. The van der Waals surface area contributed by atoms with E-state index >= 15 is 0 Å². The van der Waals surface area contributed by atoms with Crippen LogP contribution in [0.4, 0.5) is 14.5 Å². The van der Waals surface area contributed by atoms with Crippen molar-refractivity contribution in [1.82, 2.24) is 4.98 Å². The van der Waals surface area contributed by atoms with Crippen LogP contribution in [0.5, 0.6) is 0 Å². The number of halogens is 2. The maximum atomic E-state index is 14.0. The molecular weight excluding hydrogens is 246 g/mol. The number of benzene rings is 1. The third-order valence-corrected chi connectivity index (χ3v) is 3.27. The molecule has 19 heavy (non-hydrogen) atoms. The van der Waals surface area contributed by atoms with Gasteiger partial charge in [0.25, 0.3) is 0 Å². The molecule has 0 unspecified atom stereocenters. The fourth-order valence-corrected chi connectivity index (χ4v) is 2.25. The van der Waals surface area contributed by atoms with E-state index in [0.29, 0.717) is 12.1 Å². The summed E-state index contributed by atoms with van der Waals surface area (Å²) in [7, 11) is 0. The normalized spacial score (nSPS) is 11.0. The second-order valence-corrected chi connectivity index (χ2v) is 4.59. The molecule has 1 heterocycles. The topological polar surface area (TPSA) is 24.9 Å². The van der Waals surface area contributed by atoms with Gasteiger partial charge in [-0.1, -0.05) is 13.8 Å². The molecule has 0 aliphatic carbocycles. The zero-order chi connectivity index (χ0) is 14.0. The number of nitrogens with one attached hydrogen (secondary N) is 1. The molecule has 4 heteroatoms. The molecule has 2 nitrogen and oxygen atoms in total. The van der Waals surface area contributed by atoms with Crippen LogP contribution in [0.25, 0.3) is 10.9 Å². The van der Waals surface area contributed by atoms with Crippen molar-refractivity contribution in [1.29, 1.82) is 0 Å². The quantitative estimate of drug-likeness (QED) is 0.895. The van der Waals surface area contributed by atoms with Gasteiger partial charge >= 0.3 is 0 Å². The van der Waals surface area contributed by atoms with E-state index in [-0.39, 0.29) is 10.9 Å². The van der Waals surface area contributed by atoms with Crippen LogP contribution < -0.4 is 5.32 Å². The molecule has 0 saturated heterocycles. The molecule has 0 radical (unpaired) electrons. The maximum Gasteiger partial charge on any atom is 0.149 e. The van der Waals surface area contributed by atoms with Crippen LogP contribution in [0.15, 0.2) is 12.1 Å². The first-order chi connectivity index (χ1) is 9.10. The molecule has 0 aliphatic heterocycles. The molecule has 0 spiro atoms. The summed E-state index contributed by atoms with van der Waals surface area (Å²) in [5.41, 5.74) is 2.48. The summed E-state index contributed by atoms with van der Waals surface area (Å²) in [5.74, 6) is -0.918. The monoisotopic (exact) mass is 264 g/mol. The second-order valence-electron chi connectivity index (χ2n) is 4.59. The van der Waals surface area contributed by atoms with Crippen molar-refractivity contribution >= 4 is 16.6 Å². The minimum absolute atomic E-state index is 0.112. The Morgan fingerprint density at radius 3 is 2.47 bits per heavy atom. The van der Waals surface area contributed by atoms with Crippen LogP contribution in [-0.2, 0) is 6.42 Å². The van der Waals surface area contributed by atoms with Crippen molar-refractivity contribution in [3.63, 3.8) is 0 Å². The van der Waals surface area contributed by atoms with Gasteiger partial charge in [-0.3, -0.25) is 0 Å². The standard InChI is InChI=1S/C15H18F2N2/c1-4-8-18-14-9(3)12(5-2)19-15-11(17)7-6-10(16)13(14)15/h6-7H,4-5,8H2,1-3H3,(H,18,19). The van der Waals surface area contributed by atoms with Gasteiger partial charge in [-0.25, -0.2) is 13.8 Å². The minimum atomic E-state index is -0.481. The van der Waals surface area contributed by atoms with E-state index < -0.39 is 11.6 Å². The Balaban J connectivity index is 2.79. The summed E-state index contributed by atoms with van der Waals surface area (Å²) in [6.07, 6.45) is 1.61. The summed E-state index contributed by atoms with van der Waals surface area (Å²) in [5, 5.41) is 3.45. The number of pyridine rings is 1. The van der Waals surface area contributed by atoms with E-state index in [2.05, 4.69) is 10.3 Å². The Hall–Kier alpha value is -1.71. The Morgan fingerprint density at radius 2 is 1.84 bits per heavy atom. The molecule has 1 N–H and O–H groups in total. The van der Waals surface area contributed by atoms with Gasteiger partial charge in [0.2, 0.25) is 0 Å². The number of fused-ring (bicyclic) bond motifs is 1. The fourth-order valence-electron chi connectivity index (χ4n) is 2.25. The molecule has 102 valence electrons. The van der Waals surface area contributed by atoms with Gasteiger partial charge in [-0.05, 0) is 37.5 Å². The van der Waals surface area contributed by atoms with Gasteiger partial charge in [0.05, 0.1) is 11.1 Å². The van der Waals surface area contributed by atoms with Gasteiger partial charge in [0.15, 0.2) is 0 Å². The molecule has 0 saturated carbocycles. The molecule has 1 aromatic carbocycles. The second kappa shape index (κ2) is 5.51. The molecule has 2 rings (SSSR count). The number of aromatic nitrogens is 1. The van der Waals surface area contributed by atoms with Crippen molar-refractivity contribution in [2.75, 3.05) is 11.9 Å². The average molecular weight is 264 g/mol. The maximum absolute atomic E-state index is 14.0. The molecule has 0 aliphatic rings. The number of anilines is 1. The fraction of sp³-hybridized carbons (Fsp3) is 0.400. The molecule has 0 atom stereocenters. The Kier molecular flexibility index (Phi) is 3.98. The largest absolute Gasteiger partial charge is 0.384 e. The van der Waals surface area contributed by atoms with Crippen molar-refractivity contribution in [3.8, 4) is 0 Å². The predicted molar refractivity (Wildman–Crippen MR) is 74.6 cm³/mol. The first-order valence-corrected chi connectivity index (χ1v) is 6.61. The zero-order valence-corrected chi connectivity index (χ0v) is 11.5. The van der Waals surface area contributed by atoms with Crippen molar-refractivity contribution in [3.05, 3.63) is 35.0 Å². The van der Waals surface area contributed by atoms with E-state index in [4.69, 9.17) is 0 Å². The summed E-state index contributed by atoms with van der Waals surface area (Å²) in [6, 6.07) is 2.28. The highest BCUT2D eigenvalue weighted by molar-refractivity contribution is 5.94. The minimum Gasteiger partial charge on any atom is -0.384 e. The Morgan fingerprint density at radius 1 is 1.16 bits per heavy atom. The third kappa shape index (κ3) is 2.39. The van der Waals surface area contributed by atoms with Crippen LogP contribution in [0.3, 0.4) is 0 Å². The molecule has 2 aromatic rings. The predicted octanol–water partition coefficient (Wildman–Crippen LogP) is 4.21. The Bertz CT molecular complexity index is 609. The third-order valence-electron chi connectivity index (χ3n) is 3.27. The number of nitrogens with zero attached hydrogens (tertiary/aromatic N) is 1. The zero-order valence-electron chi connectivity index (χ0n) is 11.5. The van der Waals surface area contributed by atoms with Crippen molar-refractivity contribution in [2.45, 2.75) is 33.6 Å². The lowest BCUT2D eigenvalue weighted by Crippen LogP contribution is -2.07. The van der Waals surface area contributed by atoms with Gasteiger partial charge in [-0.2, -0.15) is 0 Å². The van der Waals surface area contributed by atoms with Crippen LogP contribution in [-0.4, -0.2) is 11.5 Å². The lowest BCUT2D eigenvalue weighted by molar-refractivity contribution is 0.615. The molecule has 0 amide bonds. The number of rotatable bonds is 4. The smallest absolute Gasteiger partial charge is 0.149 e. The molecule has 0 fully saturated rings. The summed E-state index contributed by atoms with van der Waals surface area (Å²) in [6.45, 7) is 6.61. The SMILES string of the molecule is CCCNc1c(C)c(CC)nc2c(F)ccc(F)c12. The number of hydrogen-bond donors (Lipinski definition) is 1. The van der Waals surface area contributed by atoms with E-state index in [0.717, 1.165) is 36.4 Å². The first kappa shape index (κ1) is 13.7. The number of aryl methyl sites for hydroxylation is 1. The summed E-state index contributed by atoms with van der Waals surface area (Å²) >= 11 is 0. The number of hydrogen-bond acceptors (Lipinski definition) is 2. The van der Waals surface area contributed by atoms with Crippen LogP contribution in [0.2, 0.25) is 0 Å². The van der Waals surface area contributed by atoms with Crippen LogP contribution in [0, 0.1) is 18.6 Å². The van der Waals surface area contributed by atoms with Gasteiger partial charge < -0.3 is 5.32 Å². The highest BCUT2D eigenvalue weighted by Gasteiger charge is 2.16. The highest BCUT2D eigenvalue weighted by Crippen LogP contribution is 2.31. The highest BCUT2D eigenvalue weighted by atomic mass is 19.1. The molecule has 1 aromatic heterocycles. The van der Waals surface area contributed by atoms with Gasteiger partial charge in [-0.15, -0.1) is 0 Å². The van der Waals surface area contributed by atoms with Gasteiger partial charge in [0.1, 0.15) is 17.2 Å². The van der Waals surface area contributed by atoms with Crippen molar-refractivity contribution in [2.24, 2.45) is 0 Å². The molecule has 0 bridgehead atoms. The van der Waals surface area contributed by atoms with Gasteiger partial charge in [0, 0.05) is 12.2 Å². The van der Waals surface area contributed by atoms with Crippen LogP contribution >= 0.6 is 0 Å². The summed E-state index contributed by atoms with van der Waals surface area (Å²) < 4.78 is 27.9. The summed E-state index contributed by atoms with van der Waals surface area (Å²) in [4.78, 5) is 4.27. The van der Waals surface area contributed by atoms with Crippen LogP contribution in [0.1, 0.15) is 31.5 Å². The van der Waals surface area contributed by atoms with E-state index in [1.165, 1.54) is 0 Å². The Labute approximate surface area is 111 Å². The van der Waals surface area contributed by atoms with Crippen molar-refractivity contribution < 1.29 is 8.78 Å². The van der Waals surface area contributed by atoms with E-state index in [1.54, 1.807) is 0 Å². The average Bonchev–Trinajstić information content (AvgIpc) is 2.41. The van der Waals surface area contributed by atoms with E-state index in [1.807, 2.05) is 20.8 Å². The first-order valence-electron chi connectivity index (χ1n) is 6.61. The molecular formula is C15H18F2N2. The lowest BCUT2D eigenvalue weighted by atomic mass is 10.0.